The molecule has 0 bridgehead atoms. The summed E-state index contributed by atoms with van der Waals surface area (Å²) in [5.74, 6) is 0. The third-order valence-electron chi connectivity index (χ3n) is 2.82. The van der Waals surface area contributed by atoms with Gasteiger partial charge in [0.05, 0.1) is 12.7 Å². The number of likely N-dealkylation sites (tertiary alicyclic amines) is 1. The van der Waals surface area contributed by atoms with Crippen LogP contribution in [0.3, 0.4) is 0 Å². The molecule has 1 N–H and O–H groups in total. The van der Waals surface area contributed by atoms with Crippen LogP contribution in [0.2, 0.25) is 0 Å². The minimum absolute atomic E-state index is 0.171. The predicted octanol–water partition coefficient (Wildman–Crippen LogP) is -0.158. The van der Waals surface area contributed by atoms with Crippen LogP contribution >= 0.6 is 0 Å². The highest BCUT2D eigenvalue weighted by molar-refractivity contribution is 5.04. The lowest BCUT2D eigenvalue weighted by atomic mass is 9.88. The molecule has 0 aromatic carbocycles. The monoisotopic (exact) mass is 157 g/mol. The van der Waals surface area contributed by atoms with Crippen LogP contribution in [0.5, 0.6) is 0 Å². The summed E-state index contributed by atoms with van der Waals surface area (Å²) in [5, 5.41) is 9.56. The maximum absolute atomic E-state index is 9.56. The van der Waals surface area contributed by atoms with Crippen molar-refractivity contribution >= 4 is 0 Å². The quantitative estimate of drug-likeness (QED) is 0.574. The van der Waals surface area contributed by atoms with Gasteiger partial charge in [-0.25, -0.2) is 0 Å². The van der Waals surface area contributed by atoms with Gasteiger partial charge in [-0.15, -0.1) is 0 Å². The van der Waals surface area contributed by atoms with Crippen molar-refractivity contribution in [3.05, 3.63) is 0 Å². The van der Waals surface area contributed by atoms with Gasteiger partial charge in [-0.3, -0.25) is 4.90 Å². The fourth-order valence-electron chi connectivity index (χ4n) is 1.97. The van der Waals surface area contributed by atoms with Crippen LogP contribution in [0.4, 0.5) is 0 Å². The molecule has 0 aliphatic carbocycles. The van der Waals surface area contributed by atoms with Crippen molar-refractivity contribution in [2.45, 2.75) is 25.0 Å². The topological polar surface area (TPSA) is 32.7 Å². The number of hydrogen-bond donors (Lipinski definition) is 1. The van der Waals surface area contributed by atoms with Gasteiger partial charge in [-0.2, -0.15) is 0 Å². The van der Waals surface area contributed by atoms with Crippen molar-refractivity contribution < 1.29 is 9.84 Å². The second-order valence-electron chi connectivity index (χ2n) is 3.52. The molecular formula is C8H15NO2. The first-order chi connectivity index (χ1) is 5.27. The Morgan fingerprint density at radius 1 is 1.64 bits per heavy atom. The third kappa shape index (κ3) is 0.991. The maximum atomic E-state index is 9.56. The van der Waals surface area contributed by atoms with Crippen LogP contribution in [-0.2, 0) is 4.74 Å². The van der Waals surface area contributed by atoms with Crippen LogP contribution in [0.15, 0.2) is 0 Å². The molecule has 2 saturated heterocycles. The molecule has 0 amide bonds. The lowest BCUT2D eigenvalue weighted by Crippen LogP contribution is -2.66. The Kier molecular flexibility index (Phi) is 1.67. The van der Waals surface area contributed by atoms with E-state index in [1.54, 1.807) is 0 Å². The highest BCUT2D eigenvalue weighted by Gasteiger charge is 2.51. The van der Waals surface area contributed by atoms with Gasteiger partial charge in [0.25, 0.3) is 0 Å². The van der Waals surface area contributed by atoms with Crippen LogP contribution in [0.25, 0.3) is 0 Å². The van der Waals surface area contributed by atoms with Gasteiger partial charge in [0.15, 0.2) is 0 Å². The maximum Gasteiger partial charge on any atom is 0.119 e. The zero-order valence-electron chi connectivity index (χ0n) is 6.92. The molecule has 3 nitrogen and oxygen atoms in total. The van der Waals surface area contributed by atoms with E-state index in [1.807, 2.05) is 0 Å². The Balaban J connectivity index is 1.94. The molecule has 2 aliphatic rings. The first-order valence-electron chi connectivity index (χ1n) is 4.31. The highest BCUT2D eigenvalue weighted by atomic mass is 16.5. The van der Waals surface area contributed by atoms with E-state index in [0.717, 1.165) is 32.7 Å². The molecule has 2 rings (SSSR count). The number of nitrogens with zero attached hydrogens (tertiary/aromatic N) is 1. The van der Waals surface area contributed by atoms with Gasteiger partial charge in [-0.1, -0.05) is 6.92 Å². The van der Waals surface area contributed by atoms with Gasteiger partial charge in [0.2, 0.25) is 0 Å². The zero-order chi connectivity index (χ0) is 7.90. The summed E-state index contributed by atoms with van der Waals surface area (Å²) in [4.78, 5) is 2.29. The number of aliphatic hydroxyl groups excluding tert-OH is 1. The Morgan fingerprint density at radius 3 is 2.82 bits per heavy atom. The third-order valence-corrected chi connectivity index (χ3v) is 2.82. The van der Waals surface area contributed by atoms with Crippen LogP contribution in [0, 0.1) is 0 Å². The molecule has 0 aromatic rings. The summed E-state index contributed by atoms with van der Waals surface area (Å²) < 4.78 is 5.53. The van der Waals surface area contributed by atoms with Crippen molar-refractivity contribution in [3.8, 4) is 0 Å². The van der Waals surface area contributed by atoms with Crippen LogP contribution in [-0.4, -0.2) is 48.0 Å². The lowest BCUT2D eigenvalue weighted by molar-refractivity contribution is -0.151. The summed E-state index contributed by atoms with van der Waals surface area (Å²) in [6, 6.07) is 0. The van der Waals surface area contributed by atoms with Crippen molar-refractivity contribution in [1.29, 1.82) is 0 Å². The fraction of sp³-hybridized carbons (Fsp3) is 1.00. The van der Waals surface area contributed by atoms with Crippen LogP contribution < -0.4 is 0 Å². The number of rotatable bonds is 1. The first-order valence-corrected chi connectivity index (χ1v) is 4.31. The Labute approximate surface area is 66.9 Å². The predicted molar refractivity (Wildman–Crippen MR) is 41.4 cm³/mol. The van der Waals surface area contributed by atoms with Gasteiger partial charge < -0.3 is 9.84 Å². The van der Waals surface area contributed by atoms with E-state index in [1.165, 1.54) is 0 Å². The van der Waals surface area contributed by atoms with Crippen molar-refractivity contribution in [3.63, 3.8) is 0 Å². The molecule has 11 heavy (non-hydrogen) atoms. The van der Waals surface area contributed by atoms with E-state index in [0.29, 0.717) is 0 Å². The Bertz CT molecular complexity index is 154. The van der Waals surface area contributed by atoms with Crippen molar-refractivity contribution in [2.75, 3.05) is 26.2 Å². The Hall–Kier alpha value is -0.120. The molecular weight excluding hydrogens is 142 g/mol. The average molecular weight is 157 g/mol. The number of likely N-dealkylation sites (N-methyl/N-ethyl adjacent to an activating group) is 1. The number of ether oxygens (including phenoxy) is 1. The molecule has 64 valence electrons. The van der Waals surface area contributed by atoms with E-state index < -0.39 is 0 Å². The first kappa shape index (κ1) is 7.53. The van der Waals surface area contributed by atoms with Crippen LogP contribution in [0.1, 0.15) is 13.3 Å². The minimum atomic E-state index is -0.217. The molecule has 2 aliphatic heterocycles. The summed E-state index contributed by atoms with van der Waals surface area (Å²) in [7, 11) is 0. The van der Waals surface area contributed by atoms with Crippen molar-refractivity contribution in [2.24, 2.45) is 0 Å². The molecule has 1 atom stereocenters. The van der Waals surface area contributed by atoms with E-state index in [2.05, 4.69) is 11.8 Å². The number of aliphatic hydroxyl groups is 1. The molecule has 2 fully saturated rings. The van der Waals surface area contributed by atoms with Gasteiger partial charge in [0, 0.05) is 13.1 Å². The summed E-state index contributed by atoms with van der Waals surface area (Å²) in [5.41, 5.74) is -0.171. The Morgan fingerprint density at radius 2 is 2.36 bits per heavy atom. The molecule has 1 spiro atoms. The molecule has 0 radical (unpaired) electrons. The molecule has 0 aromatic heterocycles. The fourth-order valence-corrected chi connectivity index (χ4v) is 1.97. The van der Waals surface area contributed by atoms with Gasteiger partial charge in [0.1, 0.15) is 5.60 Å². The van der Waals surface area contributed by atoms with E-state index in [9.17, 15) is 5.11 Å². The van der Waals surface area contributed by atoms with E-state index >= 15 is 0 Å². The smallest absolute Gasteiger partial charge is 0.119 e. The normalized spacial score (nSPS) is 36.0. The summed E-state index contributed by atoms with van der Waals surface area (Å²) in [6.07, 6.45) is 0.600. The number of hydrogen-bond acceptors (Lipinski definition) is 3. The molecule has 2 heterocycles. The molecule has 1 unspecified atom stereocenters. The minimum Gasteiger partial charge on any atom is -0.390 e. The van der Waals surface area contributed by atoms with E-state index in [-0.39, 0.29) is 11.7 Å². The molecule has 0 saturated carbocycles. The summed E-state index contributed by atoms with van der Waals surface area (Å²) >= 11 is 0. The summed E-state index contributed by atoms with van der Waals surface area (Å²) in [6.45, 7) is 5.78. The standard InChI is InChI=1S/C8H15NO2/c1-2-9-5-8(6-9)7(10)3-4-11-8/h7,10H,2-6H2,1H3. The van der Waals surface area contributed by atoms with E-state index in [4.69, 9.17) is 4.74 Å². The highest BCUT2D eigenvalue weighted by Crippen LogP contribution is 2.34. The van der Waals surface area contributed by atoms with Gasteiger partial charge in [-0.05, 0) is 13.0 Å². The SMILES string of the molecule is CCN1CC2(C1)OCCC2O. The zero-order valence-corrected chi connectivity index (χ0v) is 6.92. The average Bonchev–Trinajstić information content (AvgIpc) is 2.27. The second kappa shape index (κ2) is 2.44. The second-order valence-corrected chi connectivity index (χ2v) is 3.52. The largest absolute Gasteiger partial charge is 0.390 e. The molecule has 3 heteroatoms. The lowest BCUT2D eigenvalue weighted by Gasteiger charge is -2.48. The van der Waals surface area contributed by atoms with Crippen molar-refractivity contribution in [1.82, 2.24) is 4.90 Å². The van der Waals surface area contributed by atoms with Gasteiger partial charge >= 0.3 is 0 Å².